The second-order valence-electron chi connectivity index (χ2n) is 7.98. The molecule has 6 rings (SSSR count). The fraction of sp³-hybridized carbons (Fsp3) is 0.154. The summed E-state index contributed by atoms with van der Waals surface area (Å²) in [6, 6.07) is 21.3. The molecular formula is C26H23N5O. The van der Waals surface area contributed by atoms with Gasteiger partial charge in [-0.3, -0.25) is 5.10 Å². The van der Waals surface area contributed by atoms with Crippen molar-refractivity contribution in [1.82, 2.24) is 19.7 Å². The molecule has 1 N–H and O–H groups in total. The molecule has 1 aliphatic rings. The van der Waals surface area contributed by atoms with E-state index in [2.05, 4.69) is 68.3 Å². The number of para-hydroxylation sites is 1. The first kappa shape index (κ1) is 18.8. The first-order valence-electron chi connectivity index (χ1n) is 10.9. The Labute approximate surface area is 186 Å². The SMILES string of the molecule is c1ccc(-n2cc(-c3cn[nH]c3)c3cc(-c4ccc(N5CCOCC5)cc4)cnc32)cc1. The normalized spacial score (nSPS) is 14.2. The average molecular weight is 422 g/mol. The van der Waals surface area contributed by atoms with Gasteiger partial charge in [-0.1, -0.05) is 30.3 Å². The van der Waals surface area contributed by atoms with Crippen LogP contribution in [0.15, 0.2) is 85.5 Å². The van der Waals surface area contributed by atoms with E-state index >= 15 is 0 Å². The molecule has 6 heteroatoms. The van der Waals surface area contributed by atoms with Gasteiger partial charge in [0, 0.05) is 65.1 Å². The van der Waals surface area contributed by atoms with Crippen LogP contribution < -0.4 is 4.90 Å². The maximum atomic E-state index is 5.47. The number of pyridine rings is 1. The summed E-state index contributed by atoms with van der Waals surface area (Å²) in [6.07, 6.45) is 7.88. The highest BCUT2D eigenvalue weighted by Gasteiger charge is 2.15. The van der Waals surface area contributed by atoms with Crippen molar-refractivity contribution < 1.29 is 4.74 Å². The molecule has 5 aromatic rings. The predicted octanol–water partition coefficient (Wildman–Crippen LogP) is 4.92. The van der Waals surface area contributed by atoms with Gasteiger partial charge >= 0.3 is 0 Å². The fourth-order valence-corrected chi connectivity index (χ4v) is 4.37. The van der Waals surface area contributed by atoms with Gasteiger partial charge in [-0.15, -0.1) is 0 Å². The van der Waals surface area contributed by atoms with E-state index < -0.39 is 0 Å². The number of aromatic nitrogens is 4. The van der Waals surface area contributed by atoms with Gasteiger partial charge in [0.05, 0.1) is 19.4 Å². The third-order valence-electron chi connectivity index (χ3n) is 6.06. The second kappa shape index (κ2) is 7.98. The molecule has 4 heterocycles. The van der Waals surface area contributed by atoms with E-state index in [1.165, 1.54) is 5.69 Å². The lowest BCUT2D eigenvalue weighted by molar-refractivity contribution is 0.122. The molecule has 0 bridgehead atoms. The third kappa shape index (κ3) is 3.35. The number of hydrogen-bond acceptors (Lipinski definition) is 4. The van der Waals surface area contributed by atoms with Crippen molar-refractivity contribution in [3.05, 3.63) is 85.5 Å². The lowest BCUT2D eigenvalue weighted by Crippen LogP contribution is -2.36. The van der Waals surface area contributed by atoms with Crippen LogP contribution in [-0.2, 0) is 4.74 Å². The van der Waals surface area contributed by atoms with Gasteiger partial charge in [0.15, 0.2) is 0 Å². The van der Waals surface area contributed by atoms with Gasteiger partial charge < -0.3 is 14.2 Å². The van der Waals surface area contributed by atoms with Crippen molar-refractivity contribution in [1.29, 1.82) is 0 Å². The average Bonchev–Trinajstić information content (AvgIpc) is 3.53. The number of ether oxygens (including phenoxy) is 1. The summed E-state index contributed by atoms with van der Waals surface area (Å²) in [5.41, 5.74) is 7.66. The molecule has 0 aliphatic carbocycles. The Morgan fingerprint density at radius 2 is 1.62 bits per heavy atom. The fourth-order valence-electron chi connectivity index (χ4n) is 4.37. The van der Waals surface area contributed by atoms with Crippen LogP contribution in [-0.4, -0.2) is 46.1 Å². The Bertz CT molecular complexity index is 1330. The van der Waals surface area contributed by atoms with E-state index in [1.807, 2.05) is 36.8 Å². The number of nitrogens with zero attached hydrogens (tertiary/aromatic N) is 4. The van der Waals surface area contributed by atoms with Crippen molar-refractivity contribution in [3.63, 3.8) is 0 Å². The summed E-state index contributed by atoms with van der Waals surface area (Å²) in [5.74, 6) is 0. The molecule has 2 aromatic carbocycles. The van der Waals surface area contributed by atoms with Gasteiger partial charge in [0.25, 0.3) is 0 Å². The van der Waals surface area contributed by atoms with E-state index in [0.29, 0.717) is 0 Å². The minimum atomic E-state index is 0.789. The molecule has 6 nitrogen and oxygen atoms in total. The number of anilines is 1. The number of H-pyrrole nitrogens is 1. The Balaban J connectivity index is 1.43. The van der Waals surface area contributed by atoms with Crippen LogP contribution in [0.3, 0.4) is 0 Å². The molecule has 0 atom stereocenters. The highest BCUT2D eigenvalue weighted by Crippen LogP contribution is 2.34. The minimum absolute atomic E-state index is 0.789. The van der Waals surface area contributed by atoms with Crippen molar-refractivity contribution in [3.8, 4) is 27.9 Å². The summed E-state index contributed by atoms with van der Waals surface area (Å²) in [7, 11) is 0. The molecule has 32 heavy (non-hydrogen) atoms. The molecule has 158 valence electrons. The number of hydrogen-bond donors (Lipinski definition) is 1. The summed E-state index contributed by atoms with van der Waals surface area (Å²) >= 11 is 0. The van der Waals surface area contributed by atoms with Crippen molar-refractivity contribution in [2.45, 2.75) is 0 Å². The molecule has 0 amide bonds. The standard InChI is InChI=1S/C26H23N5O/c1-2-4-23(5-3-1)31-18-25(21-16-28-29-17-21)24-14-20(15-27-26(24)31)19-6-8-22(9-7-19)30-10-12-32-13-11-30/h1-9,14-18H,10-13H2,(H,28,29). The number of benzene rings is 2. The van der Waals surface area contributed by atoms with Gasteiger partial charge in [-0.2, -0.15) is 5.10 Å². The zero-order valence-electron chi connectivity index (χ0n) is 17.6. The molecular weight excluding hydrogens is 398 g/mol. The van der Waals surface area contributed by atoms with Crippen molar-refractivity contribution >= 4 is 16.7 Å². The van der Waals surface area contributed by atoms with Crippen LogP contribution in [0, 0.1) is 0 Å². The van der Waals surface area contributed by atoms with E-state index in [9.17, 15) is 0 Å². The van der Waals surface area contributed by atoms with Gasteiger partial charge in [0.1, 0.15) is 5.65 Å². The van der Waals surface area contributed by atoms with Crippen LogP contribution in [0.25, 0.3) is 39.0 Å². The first-order valence-corrected chi connectivity index (χ1v) is 10.9. The zero-order valence-corrected chi connectivity index (χ0v) is 17.6. The Kier molecular flexibility index (Phi) is 4.70. The molecule has 3 aromatic heterocycles. The Morgan fingerprint density at radius 3 is 2.38 bits per heavy atom. The second-order valence-corrected chi connectivity index (χ2v) is 7.98. The molecule has 0 saturated carbocycles. The Morgan fingerprint density at radius 1 is 0.812 bits per heavy atom. The van der Waals surface area contributed by atoms with E-state index in [0.717, 1.165) is 65.3 Å². The first-order chi connectivity index (χ1) is 15.9. The maximum Gasteiger partial charge on any atom is 0.145 e. The number of morpholine rings is 1. The van der Waals surface area contributed by atoms with Gasteiger partial charge in [-0.25, -0.2) is 4.98 Å². The number of nitrogens with one attached hydrogen (secondary N) is 1. The quantitative estimate of drug-likeness (QED) is 0.448. The minimum Gasteiger partial charge on any atom is -0.378 e. The highest BCUT2D eigenvalue weighted by atomic mass is 16.5. The number of rotatable bonds is 4. The van der Waals surface area contributed by atoms with E-state index in [-0.39, 0.29) is 0 Å². The smallest absolute Gasteiger partial charge is 0.145 e. The Hall–Kier alpha value is -3.90. The van der Waals surface area contributed by atoms with Crippen LogP contribution in [0.5, 0.6) is 0 Å². The maximum absolute atomic E-state index is 5.47. The summed E-state index contributed by atoms with van der Waals surface area (Å²) in [5, 5.41) is 8.19. The van der Waals surface area contributed by atoms with Crippen LogP contribution in [0.2, 0.25) is 0 Å². The summed E-state index contributed by atoms with van der Waals surface area (Å²) in [6.45, 7) is 3.46. The van der Waals surface area contributed by atoms with Gasteiger partial charge in [0.2, 0.25) is 0 Å². The monoisotopic (exact) mass is 421 g/mol. The van der Waals surface area contributed by atoms with Crippen molar-refractivity contribution in [2.75, 3.05) is 31.2 Å². The largest absolute Gasteiger partial charge is 0.378 e. The lowest BCUT2D eigenvalue weighted by atomic mass is 10.0. The van der Waals surface area contributed by atoms with Crippen LogP contribution in [0.1, 0.15) is 0 Å². The molecule has 0 unspecified atom stereocenters. The van der Waals surface area contributed by atoms with E-state index in [4.69, 9.17) is 9.72 Å². The number of fused-ring (bicyclic) bond motifs is 1. The predicted molar refractivity (Wildman–Crippen MR) is 127 cm³/mol. The molecule has 1 saturated heterocycles. The van der Waals surface area contributed by atoms with E-state index in [1.54, 1.807) is 0 Å². The van der Waals surface area contributed by atoms with Crippen LogP contribution in [0.4, 0.5) is 5.69 Å². The molecule has 1 aliphatic heterocycles. The summed E-state index contributed by atoms with van der Waals surface area (Å²) in [4.78, 5) is 7.25. The zero-order chi connectivity index (χ0) is 21.3. The molecule has 1 fully saturated rings. The molecule has 0 spiro atoms. The van der Waals surface area contributed by atoms with Crippen LogP contribution >= 0.6 is 0 Å². The third-order valence-corrected chi connectivity index (χ3v) is 6.06. The van der Waals surface area contributed by atoms with Gasteiger partial charge in [-0.05, 0) is 35.9 Å². The lowest BCUT2D eigenvalue weighted by Gasteiger charge is -2.28. The summed E-state index contributed by atoms with van der Waals surface area (Å²) < 4.78 is 7.61. The topological polar surface area (TPSA) is 59.0 Å². The highest BCUT2D eigenvalue weighted by molar-refractivity contribution is 5.97. The number of aromatic amines is 1. The molecule has 0 radical (unpaired) electrons. The van der Waals surface area contributed by atoms with Crippen molar-refractivity contribution in [2.24, 2.45) is 0 Å².